The van der Waals surface area contributed by atoms with Crippen LogP contribution < -0.4 is 10.6 Å². The van der Waals surface area contributed by atoms with Crippen LogP contribution in [0.3, 0.4) is 0 Å². The molecule has 2 aromatic rings. The lowest BCUT2D eigenvalue weighted by Gasteiger charge is -2.07. The van der Waals surface area contributed by atoms with Crippen LogP contribution in [0.2, 0.25) is 0 Å². The van der Waals surface area contributed by atoms with Gasteiger partial charge in [-0.3, -0.25) is 9.59 Å². The zero-order chi connectivity index (χ0) is 15.2. The van der Waals surface area contributed by atoms with Crippen molar-refractivity contribution in [2.45, 2.75) is 20.4 Å². The number of carbonyl (C=O) groups excluding carboxylic acids is 2. The average molecular weight is 283 g/mol. The molecule has 0 fully saturated rings. The van der Waals surface area contributed by atoms with E-state index in [1.165, 1.54) is 18.7 Å². The maximum Gasteiger partial charge on any atom is 0.251 e. The van der Waals surface area contributed by atoms with E-state index < -0.39 is 0 Å². The molecule has 2 amide bonds. The molecule has 1 aromatic carbocycles. The molecule has 0 aliphatic carbocycles. The fraction of sp³-hybridized carbons (Fsp3) is 0.188. The fourth-order valence-electron chi connectivity index (χ4n) is 1.81. The summed E-state index contributed by atoms with van der Waals surface area (Å²) in [5, 5.41) is 5.39. The van der Waals surface area contributed by atoms with Crippen molar-refractivity contribution >= 4 is 17.6 Å². The number of pyridine rings is 1. The fourth-order valence-corrected chi connectivity index (χ4v) is 1.81. The van der Waals surface area contributed by atoms with Crippen LogP contribution in [-0.4, -0.2) is 16.8 Å². The number of amides is 2. The largest absolute Gasteiger partial charge is 0.348 e. The summed E-state index contributed by atoms with van der Waals surface area (Å²) < 4.78 is 0. The van der Waals surface area contributed by atoms with Gasteiger partial charge in [-0.05, 0) is 24.6 Å². The van der Waals surface area contributed by atoms with Gasteiger partial charge in [0.25, 0.3) is 5.91 Å². The Bertz CT molecular complexity index is 651. The molecule has 1 aromatic heterocycles. The van der Waals surface area contributed by atoms with Gasteiger partial charge >= 0.3 is 0 Å². The van der Waals surface area contributed by atoms with Gasteiger partial charge in [0.15, 0.2) is 0 Å². The van der Waals surface area contributed by atoms with E-state index in [9.17, 15) is 9.59 Å². The van der Waals surface area contributed by atoms with Gasteiger partial charge in [-0.1, -0.05) is 29.8 Å². The van der Waals surface area contributed by atoms with Crippen LogP contribution in [0.4, 0.5) is 5.82 Å². The third-order valence-corrected chi connectivity index (χ3v) is 2.90. The average Bonchev–Trinajstić information content (AvgIpc) is 2.46. The number of aromatic nitrogens is 1. The third kappa shape index (κ3) is 4.42. The normalized spacial score (nSPS) is 10.0. The van der Waals surface area contributed by atoms with Gasteiger partial charge in [0, 0.05) is 25.2 Å². The first kappa shape index (κ1) is 14.7. The minimum absolute atomic E-state index is 0.204. The van der Waals surface area contributed by atoms with Crippen molar-refractivity contribution in [2.75, 3.05) is 5.32 Å². The Morgan fingerprint density at radius 2 is 1.86 bits per heavy atom. The standard InChI is InChI=1S/C16H17N3O2/c1-11-3-5-13(6-4-11)10-18-16(21)14-7-8-17-15(9-14)19-12(2)20/h3-9H,10H2,1-2H3,(H,18,21)(H,17,19,20). The van der Waals surface area contributed by atoms with Crippen molar-refractivity contribution in [2.24, 2.45) is 0 Å². The van der Waals surface area contributed by atoms with E-state index in [2.05, 4.69) is 15.6 Å². The Kier molecular flexibility index (Phi) is 4.66. The number of benzene rings is 1. The smallest absolute Gasteiger partial charge is 0.251 e. The maximum atomic E-state index is 12.1. The SMILES string of the molecule is CC(=O)Nc1cc(C(=O)NCc2ccc(C)cc2)ccn1. The minimum Gasteiger partial charge on any atom is -0.348 e. The van der Waals surface area contributed by atoms with E-state index in [1.54, 1.807) is 12.1 Å². The zero-order valence-electron chi connectivity index (χ0n) is 12.0. The van der Waals surface area contributed by atoms with Crippen molar-refractivity contribution in [3.8, 4) is 0 Å². The summed E-state index contributed by atoms with van der Waals surface area (Å²) in [6, 6.07) is 11.1. The Morgan fingerprint density at radius 1 is 1.14 bits per heavy atom. The second-order valence-corrected chi connectivity index (χ2v) is 4.78. The monoisotopic (exact) mass is 283 g/mol. The highest BCUT2D eigenvalue weighted by atomic mass is 16.2. The molecule has 1 heterocycles. The molecule has 5 heteroatoms. The summed E-state index contributed by atoms with van der Waals surface area (Å²) in [7, 11) is 0. The molecule has 2 rings (SSSR count). The molecule has 0 unspecified atom stereocenters. The quantitative estimate of drug-likeness (QED) is 0.904. The van der Waals surface area contributed by atoms with Gasteiger partial charge in [0.1, 0.15) is 5.82 Å². The number of nitrogens with one attached hydrogen (secondary N) is 2. The van der Waals surface area contributed by atoms with Crippen molar-refractivity contribution in [3.05, 3.63) is 59.3 Å². The first-order valence-electron chi connectivity index (χ1n) is 6.62. The second-order valence-electron chi connectivity index (χ2n) is 4.78. The summed E-state index contributed by atoms with van der Waals surface area (Å²) in [6.45, 7) is 3.87. The summed E-state index contributed by atoms with van der Waals surface area (Å²) in [5.41, 5.74) is 2.67. The highest BCUT2D eigenvalue weighted by molar-refractivity contribution is 5.96. The van der Waals surface area contributed by atoms with Gasteiger partial charge in [-0.15, -0.1) is 0 Å². The van der Waals surface area contributed by atoms with Crippen LogP contribution in [0.25, 0.3) is 0 Å². The molecule has 0 atom stereocenters. The number of aryl methyl sites for hydroxylation is 1. The zero-order valence-corrected chi connectivity index (χ0v) is 12.0. The molecule has 0 aliphatic heterocycles. The highest BCUT2D eigenvalue weighted by Crippen LogP contribution is 2.08. The Labute approximate surface area is 123 Å². The molecule has 0 bridgehead atoms. The summed E-state index contributed by atoms with van der Waals surface area (Å²) >= 11 is 0. The lowest BCUT2D eigenvalue weighted by atomic mass is 10.1. The number of rotatable bonds is 4. The van der Waals surface area contributed by atoms with Crippen LogP contribution >= 0.6 is 0 Å². The van der Waals surface area contributed by atoms with Gasteiger partial charge in [-0.2, -0.15) is 0 Å². The molecule has 108 valence electrons. The van der Waals surface area contributed by atoms with E-state index in [4.69, 9.17) is 0 Å². The van der Waals surface area contributed by atoms with Gasteiger partial charge in [0.05, 0.1) is 0 Å². The van der Waals surface area contributed by atoms with Crippen molar-refractivity contribution in [1.29, 1.82) is 0 Å². The molecular weight excluding hydrogens is 266 g/mol. The lowest BCUT2D eigenvalue weighted by Crippen LogP contribution is -2.23. The van der Waals surface area contributed by atoms with Crippen LogP contribution in [0.5, 0.6) is 0 Å². The number of carbonyl (C=O) groups is 2. The number of hydrogen-bond acceptors (Lipinski definition) is 3. The van der Waals surface area contributed by atoms with Crippen LogP contribution in [0.15, 0.2) is 42.6 Å². The van der Waals surface area contributed by atoms with Crippen molar-refractivity contribution in [1.82, 2.24) is 10.3 Å². The molecule has 2 N–H and O–H groups in total. The Balaban J connectivity index is 1.99. The Morgan fingerprint density at radius 3 is 2.52 bits per heavy atom. The van der Waals surface area contributed by atoms with Crippen molar-refractivity contribution in [3.63, 3.8) is 0 Å². The lowest BCUT2D eigenvalue weighted by molar-refractivity contribution is -0.114. The number of hydrogen-bond donors (Lipinski definition) is 2. The summed E-state index contributed by atoms with van der Waals surface area (Å²) in [4.78, 5) is 27.0. The van der Waals surface area contributed by atoms with Gasteiger partial charge in [0.2, 0.25) is 5.91 Å². The first-order valence-corrected chi connectivity index (χ1v) is 6.62. The molecule has 0 spiro atoms. The molecule has 0 saturated carbocycles. The van der Waals surface area contributed by atoms with Gasteiger partial charge < -0.3 is 10.6 Å². The van der Waals surface area contributed by atoms with Crippen LogP contribution in [0, 0.1) is 6.92 Å². The highest BCUT2D eigenvalue weighted by Gasteiger charge is 2.07. The predicted octanol–water partition coefficient (Wildman–Crippen LogP) is 2.28. The minimum atomic E-state index is -0.222. The molecule has 5 nitrogen and oxygen atoms in total. The molecular formula is C16H17N3O2. The van der Waals surface area contributed by atoms with Crippen LogP contribution in [0.1, 0.15) is 28.4 Å². The van der Waals surface area contributed by atoms with Crippen molar-refractivity contribution < 1.29 is 9.59 Å². The summed E-state index contributed by atoms with van der Waals surface area (Å²) in [6.07, 6.45) is 1.49. The molecule has 0 saturated heterocycles. The molecule has 21 heavy (non-hydrogen) atoms. The van der Waals surface area contributed by atoms with E-state index in [-0.39, 0.29) is 11.8 Å². The maximum absolute atomic E-state index is 12.1. The van der Waals surface area contributed by atoms with E-state index in [0.29, 0.717) is 17.9 Å². The van der Waals surface area contributed by atoms with Gasteiger partial charge in [-0.25, -0.2) is 4.98 Å². The molecule has 0 radical (unpaired) electrons. The topological polar surface area (TPSA) is 71.1 Å². The Hall–Kier alpha value is -2.69. The number of nitrogens with zero attached hydrogens (tertiary/aromatic N) is 1. The first-order chi connectivity index (χ1) is 10.0. The molecule has 0 aliphatic rings. The second kappa shape index (κ2) is 6.65. The van der Waals surface area contributed by atoms with E-state index in [0.717, 1.165) is 5.56 Å². The van der Waals surface area contributed by atoms with E-state index >= 15 is 0 Å². The third-order valence-electron chi connectivity index (χ3n) is 2.90. The number of anilines is 1. The predicted molar refractivity (Wildman–Crippen MR) is 80.9 cm³/mol. The summed E-state index contributed by atoms with van der Waals surface area (Å²) in [5.74, 6) is -0.0604. The van der Waals surface area contributed by atoms with E-state index in [1.807, 2.05) is 31.2 Å². The van der Waals surface area contributed by atoms with Crippen LogP contribution in [-0.2, 0) is 11.3 Å².